The van der Waals surface area contributed by atoms with Gasteiger partial charge in [-0.3, -0.25) is 0 Å². The van der Waals surface area contributed by atoms with E-state index in [1.54, 1.807) is 0 Å². The molecule has 2 rings (SSSR count). The largest absolute Gasteiger partial charge is 0.490 e. The molecule has 0 bridgehead atoms. The molecule has 0 aromatic heterocycles. The summed E-state index contributed by atoms with van der Waals surface area (Å²) in [7, 11) is 0. The summed E-state index contributed by atoms with van der Waals surface area (Å²) in [6.45, 7) is 2.58. The van der Waals surface area contributed by atoms with E-state index < -0.39 is 0 Å². The van der Waals surface area contributed by atoms with Crippen molar-refractivity contribution in [3.63, 3.8) is 0 Å². The maximum absolute atomic E-state index is 9.63. The molecule has 0 unspecified atom stereocenters. The molecule has 1 aromatic carbocycles. The highest BCUT2D eigenvalue weighted by Crippen LogP contribution is 2.33. The third-order valence-electron chi connectivity index (χ3n) is 2.74. The fourth-order valence-corrected chi connectivity index (χ4v) is 1.90. The Balaban J connectivity index is 2.09. The standard InChI is InChI=1S/C13H16O2/c1-2-3-8-15-11-5-6-12-10(9-11)4-7-13(12)14/h2-3,5-6,9,13-14H,4,7-8H2,1H3/b3-2+/t13-/m0/s1. The molecule has 2 nitrogen and oxygen atoms in total. The summed E-state index contributed by atoms with van der Waals surface area (Å²) in [5, 5.41) is 9.63. The van der Waals surface area contributed by atoms with Crippen LogP contribution in [0.1, 0.15) is 30.6 Å². The molecule has 1 aromatic rings. The van der Waals surface area contributed by atoms with Crippen LogP contribution in [0.2, 0.25) is 0 Å². The van der Waals surface area contributed by atoms with Crippen molar-refractivity contribution in [2.75, 3.05) is 6.61 Å². The van der Waals surface area contributed by atoms with Crippen LogP contribution in [0, 0.1) is 0 Å². The smallest absolute Gasteiger partial charge is 0.120 e. The zero-order valence-electron chi connectivity index (χ0n) is 8.94. The van der Waals surface area contributed by atoms with Gasteiger partial charge in [0.2, 0.25) is 0 Å². The van der Waals surface area contributed by atoms with Gasteiger partial charge in [-0.1, -0.05) is 18.2 Å². The fourth-order valence-electron chi connectivity index (χ4n) is 1.90. The Morgan fingerprint density at radius 2 is 2.40 bits per heavy atom. The van der Waals surface area contributed by atoms with E-state index in [2.05, 4.69) is 0 Å². The second-order valence-electron chi connectivity index (χ2n) is 3.80. The Labute approximate surface area is 90.2 Å². The number of allylic oxidation sites excluding steroid dienone is 1. The number of ether oxygens (including phenoxy) is 1. The average molecular weight is 204 g/mol. The van der Waals surface area contributed by atoms with E-state index in [9.17, 15) is 5.11 Å². The number of rotatable bonds is 3. The van der Waals surface area contributed by atoms with Crippen LogP contribution in [0.3, 0.4) is 0 Å². The molecule has 15 heavy (non-hydrogen) atoms. The van der Waals surface area contributed by atoms with E-state index in [0.29, 0.717) is 6.61 Å². The molecular formula is C13H16O2. The number of hydrogen-bond donors (Lipinski definition) is 1. The monoisotopic (exact) mass is 204 g/mol. The van der Waals surface area contributed by atoms with Crippen molar-refractivity contribution in [3.8, 4) is 5.75 Å². The van der Waals surface area contributed by atoms with Crippen LogP contribution in [0.15, 0.2) is 30.4 Å². The number of aliphatic hydroxyl groups excluding tert-OH is 1. The second kappa shape index (κ2) is 4.49. The van der Waals surface area contributed by atoms with Crippen LogP contribution in [0.25, 0.3) is 0 Å². The van der Waals surface area contributed by atoms with E-state index in [1.165, 1.54) is 5.56 Å². The predicted octanol–water partition coefficient (Wildman–Crippen LogP) is 2.62. The fraction of sp³-hybridized carbons (Fsp3) is 0.385. The van der Waals surface area contributed by atoms with Gasteiger partial charge in [-0.2, -0.15) is 0 Å². The van der Waals surface area contributed by atoms with Gasteiger partial charge < -0.3 is 9.84 Å². The lowest BCUT2D eigenvalue weighted by Gasteiger charge is -2.07. The van der Waals surface area contributed by atoms with E-state index in [0.717, 1.165) is 24.2 Å². The molecule has 0 spiro atoms. The lowest BCUT2D eigenvalue weighted by molar-refractivity contribution is 0.180. The molecule has 1 aliphatic carbocycles. The third-order valence-corrected chi connectivity index (χ3v) is 2.74. The molecule has 1 aliphatic rings. The lowest BCUT2D eigenvalue weighted by atomic mass is 10.1. The first-order valence-electron chi connectivity index (χ1n) is 5.36. The van der Waals surface area contributed by atoms with Gasteiger partial charge in [0.25, 0.3) is 0 Å². The highest BCUT2D eigenvalue weighted by atomic mass is 16.5. The first kappa shape index (κ1) is 10.2. The van der Waals surface area contributed by atoms with Crippen molar-refractivity contribution in [2.45, 2.75) is 25.9 Å². The van der Waals surface area contributed by atoms with Crippen LogP contribution in [0.4, 0.5) is 0 Å². The van der Waals surface area contributed by atoms with E-state index in [1.807, 2.05) is 37.3 Å². The maximum atomic E-state index is 9.63. The zero-order chi connectivity index (χ0) is 10.7. The Kier molecular flexibility index (Phi) is 3.07. The topological polar surface area (TPSA) is 29.5 Å². The molecule has 80 valence electrons. The Bertz CT molecular complexity index is 369. The molecule has 0 heterocycles. The van der Waals surface area contributed by atoms with Crippen LogP contribution in [0.5, 0.6) is 5.75 Å². The normalized spacial score (nSPS) is 19.5. The van der Waals surface area contributed by atoms with Gasteiger partial charge in [0.05, 0.1) is 6.10 Å². The van der Waals surface area contributed by atoms with Crippen LogP contribution < -0.4 is 4.74 Å². The minimum absolute atomic E-state index is 0.274. The van der Waals surface area contributed by atoms with Gasteiger partial charge in [0, 0.05) is 0 Å². The van der Waals surface area contributed by atoms with Gasteiger partial charge in [0.1, 0.15) is 12.4 Å². The molecule has 0 aliphatic heterocycles. The number of aliphatic hydroxyl groups is 1. The van der Waals surface area contributed by atoms with Crippen molar-refractivity contribution in [3.05, 3.63) is 41.5 Å². The molecule has 0 saturated carbocycles. The maximum Gasteiger partial charge on any atom is 0.120 e. The summed E-state index contributed by atoms with van der Waals surface area (Å²) in [6.07, 6.45) is 5.47. The van der Waals surface area contributed by atoms with Crippen molar-refractivity contribution in [2.24, 2.45) is 0 Å². The molecular weight excluding hydrogens is 188 g/mol. The van der Waals surface area contributed by atoms with Crippen LogP contribution in [-0.4, -0.2) is 11.7 Å². The van der Waals surface area contributed by atoms with E-state index >= 15 is 0 Å². The Morgan fingerprint density at radius 3 is 3.20 bits per heavy atom. The molecule has 1 atom stereocenters. The van der Waals surface area contributed by atoms with Crippen molar-refractivity contribution in [1.29, 1.82) is 0 Å². The molecule has 2 heteroatoms. The van der Waals surface area contributed by atoms with E-state index in [-0.39, 0.29) is 6.10 Å². The highest BCUT2D eigenvalue weighted by molar-refractivity contribution is 5.39. The van der Waals surface area contributed by atoms with Crippen molar-refractivity contribution in [1.82, 2.24) is 0 Å². The predicted molar refractivity (Wildman–Crippen MR) is 60.0 cm³/mol. The summed E-state index contributed by atoms with van der Waals surface area (Å²) < 4.78 is 5.54. The van der Waals surface area contributed by atoms with Crippen molar-refractivity contribution < 1.29 is 9.84 Å². The van der Waals surface area contributed by atoms with Gasteiger partial charge >= 0.3 is 0 Å². The van der Waals surface area contributed by atoms with Crippen molar-refractivity contribution >= 4 is 0 Å². The molecule has 0 amide bonds. The van der Waals surface area contributed by atoms with Crippen LogP contribution >= 0.6 is 0 Å². The second-order valence-corrected chi connectivity index (χ2v) is 3.80. The van der Waals surface area contributed by atoms with Crippen LogP contribution in [-0.2, 0) is 6.42 Å². The summed E-state index contributed by atoms with van der Waals surface area (Å²) in [5.41, 5.74) is 2.29. The third kappa shape index (κ3) is 2.21. The SMILES string of the molecule is C/C=C/COc1ccc2c(c1)CC[C@@H]2O. The summed E-state index contributed by atoms with van der Waals surface area (Å²) in [5.74, 6) is 0.890. The molecule has 0 saturated heterocycles. The number of hydrogen-bond acceptors (Lipinski definition) is 2. The quantitative estimate of drug-likeness (QED) is 0.767. The lowest BCUT2D eigenvalue weighted by Crippen LogP contribution is -1.95. The Morgan fingerprint density at radius 1 is 1.53 bits per heavy atom. The van der Waals surface area contributed by atoms with Gasteiger partial charge in [-0.05, 0) is 43.0 Å². The Hall–Kier alpha value is -1.28. The summed E-state index contributed by atoms with van der Waals surface area (Å²) >= 11 is 0. The van der Waals surface area contributed by atoms with Gasteiger partial charge in [-0.15, -0.1) is 0 Å². The zero-order valence-corrected chi connectivity index (χ0v) is 8.94. The van der Waals surface area contributed by atoms with E-state index in [4.69, 9.17) is 4.74 Å². The first-order chi connectivity index (χ1) is 7.31. The molecule has 1 N–H and O–H groups in total. The number of benzene rings is 1. The number of fused-ring (bicyclic) bond motifs is 1. The molecule has 0 fully saturated rings. The summed E-state index contributed by atoms with van der Waals surface area (Å²) in [6, 6.07) is 5.93. The van der Waals surface area contributed by atoms with Gasteiger partial charge in [0.15, 0.2) is 0 Å². The van der Waals surface area contributed by atoms with Gasteiger partial charge in [-0.25, -0.2) is 0 Å². The first-order valence-corrected chi connectivity index (χ1v) is 5.36. The summed E-state index contributed by atoms with van der Waals surface area (Å²) in [4.78, 5) is 0. The number of aryl methyl sites for hydroxylation is 1. The average Bonchev–Trinajstić information content (AvgIpc) is 2.61. The highest BCUT2D eigenvalue weighted by Gasteiger charge is 2.19. The minimum atomic E-state index is -0.274. The molecule has 0 radical (unpaired) electrons. The minimum Gasteiger partial charge on any atom is -0.490 e.